The monoisotopic (exact) mass is 512 g/mol. The van der Waals surface area contributed by atoms with E-state index in [9.17, 15) is 9.59 Å². The zero-order valence-corrected chi connectivity index (χ0v) is 22.2. The minimum absolute atomic E-state index is 0.0492. The number of carbonyl (C=O) groups is 2. The second-order valence-corrected chi connectivity index (χ2v) is 9.91. The van der Waals surface area contributed by atoms with Gasteiger partial charge in [-0.3, -0.25) is 25.4 Å². The van der Waals surface area contributed by atoms with Crippen LogP contribution in [0.1, 0.15) is 42.3 Å². The van der Waals surface area contributed by atoms with Crippen molar-refractivity contribution in [2.75, 3.05) is 19.5 Å². The van der Waals surface area contributed by atoms with Crippen LogP contribution >= 0.6 is 0 Å². The van der Waals surface area contributed by atoms with E-state index in [1.54, 1.807) is 44.7 Å². The first-order valence-corrected chi connectivity index (χ1v) is 12.2. The van der Waals surface area contributed by atoms with E-state index < -0.39 is 5.91 Å². The molecule has 0 fully saturated rings. The molecule has 8 nitrogen and oxygen atoms in total. The summed E-state index contributed by atoms with van der Waals surface area (Å²) in [6.07, 6.45) is 1.88. The predicted molar refractivity (Wildman–Crippen MR) is 149 cm³/mol. The number of anilines is 2. The van der Waals surface area contributed by atoms with Crippen molar-refractivity contribution >= 4 is 34.1 Å². The Morgan fingerprint density at radius 1 is 0.842 bits per heavy atom. The van der Waals surface area contributed by atoms with E-state index >= 15 is 0 Å². The number of nitrogens with zero attached hydrogens (tertiary/aromatic N) is 1. The van der Waals surface area contributed by atoms with Gasteiger partial charge in [-0.25, -0.2) is 0 Å². The van der Waals surface area contributed by atoms with Crippen LogP contribution in [0.15, 0.2) is 72.9 Å². The van der Waals surface area contributed by atoms with Crippen molar-refractivity contribution in [3.8, 4) is 11.5 Å². The highest BCUT2D eigenvalue weighted by Gasteiger charge is 2.14. The third kappa shape index (κ3) is 6.21. The summed E-state index contributed by atoms with van der Waals surface area (Å²) in [4.78, 5) is 29.3. The van der Waals surface area contributed by atoms with Gasteiger partial charge in [-0.15, -0.1) is 0 Å². The fraction of sp³-hybridized carbons (Fsp3) is 0.233. The van der Waals surface area contributed by atoms with E-state index in [0.29, 0.717) is 17.1 Å². The van der Waals surface area contributed by atoms with E-state index in [2.05, 4.69) is 41.9 Å². The number of aromatic nitrogens is 1. The molecule has 0 aliphatic carbocycles. The zero-order chi connectivity index (χ0) is 27.3. The minimum atomic E-state index is -0.404. The maximum absolute atomic E-state index is 12.6. The van der Waals surface area contributed by atoms with Crippen molar-refractivity contribution in [2.24, 2.45) is 0 Å². The number of ether oxygens (including phenoxy) is 2. The molecule has 196 valence electrons. The van der Waals surface area contributed by atoms with E-state index in [1.807, 2.05) is 42.5 Å². The quantitative estimate of drug-likeness (QED) is 0.291. The van der Waals surface area contributed by atoms with Crippen molar-refractivity contribution in [3.63, 3.8) is 0 Å². The van der Waals surface area contributed by atoms with E-state index in [1.165, 1.54) is 5.56 Å². The van der Waals surface area contributed by atoms with Gasteiger partial charge < -0.3 is 14.8 Å². The average Bonchev–Trinajstić information content (AvgIpc) is 2.91. The molecule has 0 unspecified atom stereocenters. The molecule has 2 amide bonds. The van der Waals surface area contributed by atoms with Gasteiger partial charge in [0.15, 0.2) is 11.5 Å². The Morgan fingerprint density at radius 3 is 2.13 bits per heavy atom. The van der Waals surface area contributed by atoms with Gasteiger partial charge in [0.1, 0.15) is 0 Å². The number of hydrogen-bond donors (Lipinski definition) is 3. The van der Waals surface area contributed by atoms with Crippen LogP contribution in [0.2, 0.25) is 0 Å². The van der Waals surface area contributed by atoms with Crippen molar-refractivity contribution in [3.05, 3.63) is 89.6 Å². The van der Waals surface area contributed by atoms with Crippen LogP contribution in [0.25, 0.3) is 10.9 Å². The van der Waals surface area contributed by atoms with Crippen LogP contribution in [-0.4, -0.2) is 31.0 Å². The molecule has 38 heavy (non-hydrogen) atoms. The van der Waals surface area contributed by atoms with Gasteiger partial charge in [0.25, 0.3) is 5.91 Å². The number of methoxy groups -OCH3 is 2. The van der Waals surface area contributed by atoms with Crippen LogP contribution < -0.4 is 25.6 Å². The molecule has 3 aromatic carbocycles. The highest BCUT2D eigenvalue weighted by molar-refractivity contribution is 5.97. The molecule has 0 atom stereocenters. The van der Waals surface area contributed by atoms with E-state index in [4.69, 9.17) is 9.47 Å². The standard InChI is InChI=1S/C30H32N4O4/c1-30(2,3)21-10-6-19(7-11-21)16-28(35)33-34-29(36)20-8-12-22(13-9-20)32-24-14-15-31-25-18-27(38-5)26(37-4)17-23(24)25/h6-15,17-18H,16H2,1-5H3,(H,31,32)(H,33,35)(H,34,36). The smallest absolute Gasteiger partial charge is 0.269 e. The molecule has 3 N–H and O–H groups in total. The summed E-state index contributed by atoms with van der Waals surface area (Å²) in [6.45, 7) is 6.43. The van der Waals surface area contributed by atoms with Crippen LogP contribution in [0.4, 0.5) is 11.4 Å². The maximum atomic E-state index is 12.6. The average molecular weight is 513 g/mol. The highest BCUT2D eigenvalue weighted by atomic mass is 16.5. The summed E-state index contributed by atoms with van der Waals surface area (Å²) in [6, 6.07) is 20.4. The minimum Gasteiger partial charge on any atom is -0.493 e. The molecule has 0 bridgehead atoms. The number of carbonyl (C=O) groups excluding carboxylic acids is 2. The number of hydrogen-bond acceptors (Lipinski definition) is 6. The van der Waals surface area contributed by atoms with Crippen LogP contribution in [0, 0.1) is 0 Å². The molecule has 4 aromatic rings. The Kier molecular flexibility index (Phi) is 7.81. The molecule has 0 saturated heterocycles. The zero-order valence-electron chi connectivity index (χ0n) is 22.2. The Bertz CT molecular complexity index is 1440. The number of benzene rings is 3. The molecule has 0 saturated carbocycles. The highest BCUT2D eigenvalue weighted by Crippen LogP contribution is 2.35. The molecule has 4 rings (SSSR count). The van der Waals surface area contributed by atoms with Crippen molar-refractivity contribution < 1.29 is 19.1 Å². The molecule has 8 heteroatoms. The molecule has 0 aliphatic rings. The van der Waals surface area contributed by atoms with Crippen molar-refractivity contribution in [2.45, 2.75) is 32.6 Å². The molecule has 0 aliphatic heterocycles. The predicted octanol–water partition coefficient (Wildman–Crippen LogP) is 5.30. The Labute approximate surface area is 222 Å². The van der Waals surface area contributed by atoms with Gasteiger partial charge in [-0.05, 0) is 52.9 Å². The summed E-state index contributed by atoms with van der Waals surface area (Å²) < 4.78 is 10.8. The number of rotatable bonds is 7. The number of hydrazine groups is 1. The van der Waals surface area contributed by atoms with Gasteiger partial charge in [-0.1, -0.05) is 45.0 Å². The largest absolute Gasteiger partial charge is 0.493 e. The lowest BCUT2D eigenvalue weighted by Gasteiger charge is -2.19. The van der Waals surface area contributed by atoms with Crippen LogP contribution in [-0.2, 0) is 16.6 Å². The first-order chi connectivity index (χ1) is 18.2. The maximum Gasteiger partial charge on any atom is 0.269 e. The van der Waals surface area contributed by atoms with Gasteiger partial charge in [0, 0.05) is 34.6 Å². The van der Waals surface area contributed by atoms with Gasteiger partial charge >= 0.3 is 0 Å². The first-order valence-electron chi connectivity index (χ1n) is 12.2. The Morgan fingerprint density at radius 2 is 1.50 bits per heavy atom. The summed E-state index contributed by atoms with van der Waals surface area (Å²) >= 11 is 0. The molecule has 1 heterocycles. The molecular weight excluding hydrogens is 480 g/mol. The third-order valence-corrected chi connectivity index (χ3v) is 6.17. The van der Waals surface area contributed by atoms with Crippen LogP contribution in [0.5, 0.6) is 11.5 Å². The van der Waals surface area contributed by atoms with Gasteiger partial charge in [-0.2, -0.15) is 0 Å². The molecular formula is C30H32N4O4. The lowest BCUT2D eigenvalue weighted by Crippen LogP contribution is -2.42. The van der Waals surface area contributed by atoms with Crippen molar-refractivity contribution in [1.82, 2.24) is 15.8 Å². The molecule has 0 radical (unpaired) electrons. The topological polar surface area (TPSA) is 102 Å². The summed E-state index contributed by atoms with van der Waals surface area (Å²) in [5, 5.41) is 4.22. The second-order valence-electron chi connectivity index (χ2n) is 9.91. The van der Waals surface area contributed by atoms with Crippen molar-refractivity contribution in [1.29, 1.82) is 0 Å². The second kappa shape index (κ2) is 11.2. The van der Waals surface area contributed by atoms with Gasteiger partial charge in [0.2, 0.25) is 5.91 Å². The fourth-order valence-electron chi connectivity index (χ4n) is 3.99. The van der Waals surface area contributed by atoms with Crippen LogP contribution in [0.3, 0.4) is 0 Å². The number of amides is 2. The normalized spacial score (nSPS) is 11.1. The van der Waals surface area contributed by atoms with E-state index in [-0.39, 0.29) is 17.7 Å². The fourth-order valence-corrected chi connectivity index (χ4v) is 3.99. The number of nitrogens with one attached hydrogen (secondary N) is 3. The lowest BCUT2D eigenvalue weighted by atomic mass is 9.86. The number of fused-ring (bicyclic) bond motifs is 1. The third-order valence-electron chi connectivity index (χ3n) is 6.17. The molecule has 0 spiro atoms. The van der Waals surface area contributed by atoms with E-state index in [0.717, 1.165) is 27.8 Å². The summed E-state index contributed by atoms with van der Waals surface area (Å²) in [7, 11) is 3.17. The number of pyridine rings is 1. The summed E-state index contributed by atoms with van der Waals surface area (Å²) in [5.41, 5.74) is 9.87. The first kappa shape index (κ1) is 26.5. The SMILES string of the molecule is COc1cc2nccc(Nc3ccc(C(=O)NNC(=O)Cc4ccc(C(C)(C)C)cc4)cc3)c2cc1OC. The Balaban J connectivity index is 1.36. The Hall–Kier alpha value is -4.59. The molecule has 1 aromatic heterocycles. The van der Waals surface area contributed by atoms with Gasteiger partial charge in [0.05, 0.1) is 26.2 Å². The lowest BCUT2D eigenvalue weighted by molar-refractivity contribution is -0.121. The summed E-state index contributed by atoms with van der Waals surface area (Å²) in [5.74, 6) is 0.508.